The van der Waals surface area contributed by atoms with Crippen molar-refractivity contribution in [2.24, 2.45) is 11.7 Å². The Bertz CT molecular complexity index is 119. The second-order valence-corrected chi connectivity index (χ2v) is 3.23. The minimum atomic E-state index is -2.52. The highest BCUT2D eigenvalue weighted by molar-refractivity contribution is 4.84. The van der Waals surface area contributed by atoms with Crippen molar-refractivity contribution in [2.75, 3.05) is 0 Å². The summed E-state index contributed by atoms with van der Waals surface area (Å²) in [6.45, 7) is 0.982. The fourth-order valence-electron chi connectivity index (χ4n) is 1.48. The summed E-state index contributed by atoms with van der Waals surface area (Å²) >= 11 is 0. The van der Waals surface area contributed by atoms with Crippen molar-refractivity contribution in [3.8, 4) is 0 Å². The Morgan fingerprint density at radius 1 is 1.40 bits per heavy atom. The van der Waals surface area contributed by atoms with Gasteiger partial charge in [-0.2, -0.15) is 0 Å². The predicted molar refractivity (Wildman–Crippen MR) is 35.9 cm³/mol. The van der Waals surface area contributed by atoms with Crippen LogP contribution >= 0.6 is 0 Å². The summed E-state index contributed by atoms with van der Waals surface area (Å²) in [5.41, 5.74) is 5.49. The largest absolute Gasteiger partial charge is 0.328 e. The van der Waals surface area contributed by atoms with E-state index in [0.29, 0.717) is 12.8 Å². The van der Waals surface area contributed by atoms with Crippen LogP contribution < -0.4 is 5.73 Å². The van der Waals surface area contributed by atoms with Gasteiger partial charge >= 0.3 is 0 Å². The highest BCUT2D eigenvalue weighted by atomic mass is 19.3. The third-order valence-corrected chi connectivity index (χ3v) is 2.19. The summed E-state index contributed by atoms with van der Waals surface area (Å²) in [5, 5.41) is 0. The van der Waals surface area contributed by atoms with Crippen LogP contribution in [-0.2, 0) is 0 Å². The minimum Gasteiger partial charge on any atom is -0.328 e. The highest BCUT2D eigenvalue weighted by Gasteiger charge is 2.38. The number of alkyl halides is 2. The molecular weight excluding hydrogens is 136 g/mol. The first-order valence-corrected chi connectivity index (χ1v) is 3.63. The third-order valence-electron chi connectivity index (χ3n) is 2.19. The van der Waals surface area contributed by atoms with Gasteiger partial charge in [-0.25, -0.2) is 8.78 Å². The summed E-state index contributed by atoms with van der Waals surface area (Å²) in [6.07, 6.45) is 1.84. The Morgan fingerprint density at radius 3 is 2.20 bits per heavy atom. The van der Waals surface area contributed by atoms with Crippen LogP contribution in [0.25, 0.3) is 0 Å². The smallest absolute Gasteiger partial charge is 0.248 e. The van der Waals surface area contributed by atoms with Crippen LogP contribution in [0, 0.1) is 5.92 Å². The number of hydrogen-bond acceptors (Lipinski definition) is 1. The van der Waals surface area contributed by atoms with Crippen LogP contribution in [0.4, 0.5) is 8.78 Å². The Labute approximate surface area is 59.6 Å². The molecule has 1 nitrogen and oxygen atoms in total. The van der Waals surface area contributed by atoms with Gasteiger partial charge in [-0.3, -0.25) is 0 Å². The second-order valence-electron chi connectivity index (χ2n) is 3.23. The van der Waals surface area contributed by atoms with Crippen molar-refractivity contribution in [1.29, 1.82) is 0 Å². The molecule has 3 heteroatoms. The molecule has 1 saturated carbocycles. The fourth-order valence-corrected chi connectivity index (χ4v) is 1.48. The average molecular weight is 149 g/mol. The summed E-state index contributed by atoms with van der Waals surface area (Å²) in [6, 6.07) is 0.0100. The fraction of sp³-hybridized carbons (Fsp3) is 1.00. The van der Waals surface area contributed by atoms with Crippen LogP contribution in [0.15, 0.2) is 0 Å². The van der Waals surface area contributed by atoms with Crippen molar-refractivity contribution in [3.05, 3.63) is 0 Å². The Balaban J connectivity index is 2.45. The van der Waals surface area contributed by atoms with E-state index in [0.717, 1.165) is 13.3 Å². The molecule has 0 aromatic heterocycles. The van der Waals surface area contributed by atoms with E-state index in [1.165, 1.54) is 0 Å². The second kappa shape index (κ2) is 2.46. The van der Waals surface area contributed by atoms with Crippen molar-refractivity contribution in [1.82, 2.24) is 0 Å². The molecule has 0 saturated heterocycles. The first-order valence-electron chi connectivity index (χ1n) is 3.63. The monoisotopic (exact) mass is 149 g/mol. The van der Waals surface area contributed by atoms with E-state index >= 15 is 0 Å². The van der Waals surface area contributed by atoms with Crippen LogP contribution in [0.1, 0.15) is 26.2 Å². The molecule has 1 fully saturated rings. The average Bonchev–Trinajstić information content (AvgIpc) is 2.11. The predicted octanol–water partition coefficient (Wildman–Crippen LogP) is 1.77. The van der Waals surface area contributed by atoms with E-state index in [1.807, 2.05) is 0 Å². The lowest BCUT2D eigenvalue weighted by Crippen LogP contribution is -2.24. The molecule has 0 spiro atoms. The first kappa shape index (κ1) is 7.92. The lowest BCUT2D eigenvalue weighted by Gasteiger charge is -2.17. The normalized spacial score (nSPS) is 34.8. The topological polar surface area (TPSA) is 26.0 Å². The van der Waals surface area contributed by atoms with Gasteiger partial charge in [0.1, 0.15) is 0 Å². The Hall–Kier alpha value is -0.180. The molecule has 2 N–H and O–H groups in total. The van der Waals surface area contributed by atoms with E-state index in [9.17, 15) is 8.78 Å². The minimum absolute atomic E-state index is 0.0100. The zero-order valence-corrected chi connectivity index (χ0v) is 6.11. The number of nitrogens with two attached hydrogens (primary N) is 1. The van der Waals surface area contributed by atoms with Gasteiger partial charge in [0.25, 0.3) is 0 Å². The molecule has 0 aromatic rings. The molecule has 0 amide bonds. The Kier molecular flexibility index (Phi) is 1.95. The molecule has 1 aliphatic rings. The molecule has 0 bridgehead atoms. The van der Waals surface area contributed by atoms with Gasteiger partial charge in [0, 0.05) is 12.0 Å². The van der Waals surface area contributed by atoms with Crippen LogP contribution in [0.3, 0.4) is 0 Å². The maximum absolute atomic E-state index is 12.5. The van der Waals surface area contributed by atoms with Crippen LogP contribution in [-0.4, -0.2) is 12.0 Å². The van der Waals surface area contributed by atoms with Gasteiger partial charge in [0.2, 0.25) is 5.92 Å². The summed E-state index contributed by atoms with van der Waals surface area (Å²) in [5.74, 6) is -2.99. The van der Waals surface area contributed by atoms with E-state index in [2.05, 4.69) is 0 Å². The molecule has 60 valence electrons. The summed E-state index contributed by atoms with van der Waals surface area (Å²) < 4.78 is 25.1. The van der Waals surface area contributed by atoms with Gasteiger partial charge in [0.15, 0.2) is 0 Å². The van der Waals surface area contributed by atoms with Crippen molar-refractivity contribution in [2.45, 2.75) is 38.2 Å². The van der Waals surface area contributed by atoms with E-state index in [-0.39, 0.29) is 6.04 Å². The number of hydrogen-bond donors (Lipinski definition) is 1. The quantitative estimate of drug-likeness (QED) is 0.604. The summed E-state index contributed by atoms with van der Waals surface area (Å²) in [7, 11) is 0. The van der Waals surface area contributed by atoms with E-state index < -0.39 is 11.8 Å². The molecule has 0 aliphatic heterocycles. The van der Waals surface area contributed by atoms with Gasteiger partial charge in [-0.05, 0) is 26.2 Å². The van der Waals surface area contributed by atoms with Crippen molar-refractivity contribution in [3.63, 3.8) is 0 Å². The lowest BCUT2D eigenvalue weighted by molar-refractivity contribution is -0.0371. The Morgan fingerprint density at radius 2 is 2.00 bits per heavy atom. The molecule has 0 aromatic carbocycles. The maximum Gasteiger partial charge on any atom is 0.248 e. The molecule has 1 rings (SSSR count). The van der Waals surface area contributed by atoms with Gasteiger partial charge in [-0.15, -0.1) is 0 Å². The van der Waals surface area contributed by atoms with Crippen molar-refractivity contribution < 1.29 is 8.78 Å². The van der Waals surface area contributed by atoms with Gasteiger partial charge in [0.05, 0.1) is 0 Å². The lowest BCUT2D eigenvalue weighted by atomic mass is 10.0. The molecule has 2 unspecified atom stereocenters. The molecule has 2 atom stereocenters. The van der Waals surface area contributed by atoms with Crippen molar-refractivity contribution >= 4 is 0 Å². The molecule has 0 radical (unpaired) electrons. The van der Waals surface area contributed by atoms with Crippen LogP contribution in [0.2, 0.25) is 0 Å². The first-order chi connectivity index (χ1) is 4.50. The van der Waals surface area contributed by atoms with Gasteiger partial charge < -0.3 is 5.73 Å². The van der Waals surface area contributed by atoms with E-state index in [1.54, 1.807) is 0 Å². The van der Waals surface area contributed by atoms with E-state index in [4.69, 9.17) is 5.73 Å². The summed E-state index contributed by atoms with van der Waals surface area (Å²) in [4.78, 5) is 0. The number of rotatable bonds is 1. The zero-order chi connectivity index (χ0) is 7.78. The number of halogens is 2. The zero-order valence-electron chi connectivity index (χ0n) is 6.11. The highest BCUT2D eigenvalue weighted by Crippen LogP contribution is 2.36. The standard InChI is InChI=1S/C7H13F2N/c1-7(8,9)5-2-3-6(10)4-5/h5-6H,2-4,10H2,1H3. The maximum atomic E-state index is 12.5. The third kappa shape index (κ3) is 1.66. The molecule has 1 aliphatic carbocycles. The molecule has 0 heterocycles. The van der Waals surface area contributed by atoms with Crippen LogP contribution in [0.5, 0.6) is 0 Å². The van der Waals surface area contributed by atoms with Gasteiger partial charge in [-0.1, -0.05) is 0 Å². The molecular formula is C7H13F2N. The molecule has 10 heavy (non-hydrogen) atoms. The SMILES string of the molecule is CC(F)(F)C1CCC(N)C1.